The average molecular weight is 315 g/mol. The highest BCUT2D eigenvalue weighted by Crippen LogP contribution is 2.29. The molecule has 0 bridgehead atoms. The molecular weight excluding hydrogens is 288 g/mol. The Morgan fingerprint density at radius 3 is 2.57 bits per heavy atom. The SMILES string of the molecule is CCCN(CCC)C(=O)[C@H]1CNC[C@@H]1c1cnn(C)c1.Cl. The number of carbonyl (C=O) groups is 1. The fraction of sp³-hybridized carbons (Fsp3) is 0.733. The first kappa shape index (κ1) is 18.0. The van der Waals surface area contributed by atoms with Crippen LogP contribution in [-0.2, 0) is 11.8 Å². The van der Waals surface area contributed by atoms with Gasteiger partial charge in [-0.05, 0) is 18.4 Å². The van der Waals surface area contributed by atoms with E-state index in [-0.39, 0.29) is 24.2 Å². The van der Waals surface area contributed by atoms with Gasteiger partial charge < -0.3 is 10.2 Å². The van der Waals surface area contributed by atoms with E-state index in [0.29, 0.717) is 5.91 Å². The summed E-state index contributed by atoms with van der Waals surface area (Å²) >= 11 is 0. The monoisotopic (exact) mass is 314 g/mol. The van der Waals surface area contributed by atoms with Crippen LogP contribution in [0.4, 0.5) is 0 Å². The van der Waals surface area contributed by atoms with Crippen molar-refractivity contribution in [1.29, 1.82) is 0 Å². The summed E-state index contributed by atoms with van der Waals surface area (Å²) in [7, 11) is 1.92. The van der Waals surface area contributed by atoms with Crippen LogP contribution >= 0.6 is 12.4 Å². The lowest BCUT2D eigenvalue weighted by atomic mass is 9.89. The van der Waals surface area contributed by atoms with Crippen LogP contribution in [-0.4, -0.2) is 46.8 Å². The zero-order chi connectivity index (χ0) is 14.5. The third-order valence-corrected chi connectivity index (χ3v) is 3.98. The van der Waals surface area contributed by atoms with Gasteiger partial charge in [-0.1, -0.05) is 13.8 Å². The largest absolute Gasteiger partial charge is 0.342 e. The minimum atomic E-state index is 0. The van der Waals surface area contributed by atoms with Gasteiger partial charge in [-0.15, -0.1) is 12.4 Å². The number of hydrogen-bond acceptors (Lipinski definition) is 3. The first-order chi connectivity index (χ1) is 9.67. The van der Waals surface area contributed by atoms with Gasteiger partial charge in [-0.25, -0.2) is 0 Å². The van der Waals surface area contributed by atoms with Crippen molar-refractivity contribution in [1.82, 2.24) is 20.0 Å². The van der Waals surface area contributed by atoms with Gasteiger partial charge >= 0.3 is 0 Å². The third-order valence-electron chi connectivity index (χ3n) is 3.98. The fourth-order valence-corrected chi connectivity index (χ4v) is 3.03. The highest BCUT2D eigenvalue weighted by molar-refractivity contribution is 5.85. The van der Waals surface area contributed by atoms with Crippen LogP contribution in [0.1, 0.15) is 38.2 Å². The van der Waals surface area contributed by atoms with Gasteiger partial charge in [-0.2, -0.15) is 5.10 Å². The van der Waals surface area contributed by atoms with E-state index in [0.717, 1.165) is 39.0 Å². The predicted molar refractivity (Wildman–Crippen MR) is 86.7 cm³/mol. The topological polar surface area (TPSA) is 50.2 Å². The van der Waals surface area contributed by atoms with E-state index in [1.54, 1.807) is 0 Å². The number of rotatable bonds is 6. The van der Waals surface area contributed by atoms with Crippen LogP contribution in [0.3, 0.4) is 0 Å². The van der Waals surface area contributed by atoms with E-state index in [4.69, 9.17) is 0 Å². The summed E-state index contributed by atoms with van der Waals surface area (Å²) in [5, 5.41) is 7.60. The van der Waals surface area contributed by atoms with E-state index in [1.165, 1.54) is 5.56 Å². The van der Waals surface area contributed by atoms with Crippen LogP contribution < -0.4 is 5.32 Å². The number of hydrogen-bond donors (Lipinski definition) is 1. The van der Waals surface area contributed by atoms with Crippen molar-refractivity contribution in [2.75, 3.05) is 26.2 Å². The standard InChI is InChI=1S/C15H26N4O.ClH/c1-4-6-19(7-5-2)15(20)14-10-16-9-13(14)12-8-17-18(3)11-12;/h8,11,13-14,16H,4-7,9-10H2,1-3H3;1H/t13-,14+;/m1./s1. The number of aromatic nitrogens is 2. The lowest BCUT2D eigenvalue weighted by molar-refractivity contribution is -0.135. The van der Waals surface area contributed by atoms with E-state index in [1.807, 2.05) is 29.0 Å². The Kier molecular flexibility index (Phi) is 7.18. The summed E-state index contributed by atoms with van der Waals surface area (Å²) in [4.78, 5) is 14.8. The number of halogens is 1. The Morgan fingerprint density at radius 2 is 2.05 bits per heavy atom. The molecule has 2 rings (SSSR count). The second-order valence-electron chi connectivity index (χ2n) is 5.64. The third kappa shape index (κ3) is 4.20. The number of nitrogens with one attached hydrogen (secondary N) is 1. The van der Waals surface area contributed by atoms with Gasteiger partial charge in [0.2, 0.25) is 5.91 Å². The Balaban J connectivity index is 0.00000220. The Hall–Kier alpha value is -1.07. The second kappa shape index (κ2) is 8.39. The van der Waals surface area contributed by atoms with Crippen molar-refractivity contribution >= 4 is 18.3 Å². The average Bonchev–Trinajstić information content (AvgIpc) is 3.05. The zero-order valence-corrected chi connectivity index (χ0v) is 14.0. The van der Waals surface area contributed by atoms with Crippen molar-refractivity contribution in [2.24, 2.45) is 13.0 Å². The molecule has 1 N–H and O–H groups in total. The van der Waals surface area contributed by atoms with E-state index >= 15 is 0 Å². The molecule has 0 spiro atoms. The quantitative estimate of drug-likeness (QED) is 0.871. The van der Waals surface area contributed by atoms with Crippen molar-refractivity contribution < 1.29 is 4.79 Å². The molecule has 1 aliphatic heterocycles. The van der Waals surface area contributed by atoms with Crippen LogP contribution in [0.5, 0.6) is 0 Å². The maximum atomic E-state index is 12.8. The molecule has 0 aromatic carbocycles. The van der Waals surface area contributed by atoms with Crippen LogP contribution in [0.2, 0.25) is 0 Å². The molecule has 2 heterocycles. The Morgan fingerprint density at radius 1 is 1.38 bits per heavy atom. The van der Waals surface area contributed by atoms with Crippen molar-refractivity contribution in [3.05, 3.63) is 18.0 Å². The van der Waals surface area contributed by atoms with E-state index in [2.05, 4.69) is 24.3 Å². The van der Waals surface area contributed by atoms with Crippen molar-refractivity contribution in [3.63, 3.8) is 0 Å². The molecular formula is C15H27ClN4O. The van der Waals surface area contributed by atoms with E-state index < -0.39 is 0 Å². The summed E-state index contributed by atoms with van der Waals surface area (Å²) in [6, 6.07) is 0. The van der Waals surface area contributed by atoms with Crippen LogP contribution in [0, 0.1) is 5.92 Å². The van der Waals surface area contributed by atoms with Gasteiger partial charge in [-0.3, -0.25) is 9.48 Å². The van der Waals surface area contributed by atoms with Gasteiger partial charge in [0.25, 0.3) is 0 Å². The summed E-state index contributed by atoms with van der Waals surface area (Å²) in [5.41, 5.74) is 1.17. The minimum Gasteiger partial charge on any atom is -0.342 e. The van der Waals surface area contributed by atoms with Crippen molar-refractivity contribution in [3.8, 4) is 0 Å². The first-order valence-corrected chi connectivity index (χ1v) is 7.65. The molecule has 120 valence electrons. The van der Waals surface area contributed by atoms with E-state index in [9.17, 15) is 4.79 Å². The normalized spacial score (nSPS) is 21.1. The Bertz CT molecular complexity index is 443. The zero-order valence-electron chi connectivity index (χ0n) is 13.2. The Labute approximate surface area is 133 Å². The number of amides is 1. The van der Waals surface area contributed by atoms with Gasteiger partial charge in [0.15, 0.2) is 0 Å². The minimum absolute atomic E-state index is 0. The summed E-state index contributed by atoms with van der Waals surface area (Å²) in [5.74, 6) is 0.609. The van der Waals surface area contributed by atoms with Gasteiger partial charge in [0.1, 0.15) is 0 Å². The molecule has 1 fully saturated rings. The maximum absolute atomic E-state index is 12.8. The number of aryl methyl sites for hydroxylation is 1. The molecule has 0 saturated carbocycles. The van der Waals surface area contributed by atoms with Gasteiger partial charge in [0.05, 0.1) is 12.1 Å². The maximum Gasteiger partial charge on any atom is 0.227 e. The molecule has 6 heteroatoms. The molecule has 0 aliphatic carbocycles. The van der Waals surface area contributed by atoms with Crippen molar-refractivity contribution in [2.45, 2.75) is 32.6 Å². The summed E-state index contributed by atoms with van der Waals surface area (Å²) in [6.45, 7) is 7.63. The fourth-order valence-electron chi connectivity index (χ4n) is 3.03. The number of nitrogens with zero attached hydrogens (tertiary/aromatic N) is 3. The lowest BCUT2D eigenvalue weighted by Crippen LogP contribution is -2.39. The highest BCUT2D eigenvalue weighted by atomic mass is 35.5. The summed E-state index contributed by atoms with van der Waals surface area (Å²) in [6.07, 6.45) is 5.96. The second-order valence-corrected chi connectivity index (χ2v) is 5.64. The molecule has 1 aliphatic rings. The molecule has 1 saturated heterocycles. The molecule has 0 unspecified atom stereocenters. The first-order valence-electron chi connectivity index (χ1n) is 7.65. The van der Waals surface area contributed by atoms with Crippen LogP contribution in [0.15, 0.2) is 12.4 Å². The lowest BCUT2D eigenvalue weighted by Gasteiger charge is -2.27. The smallest absolute Gasteiger partial charge is 0.227 e. The predicted octanol–water partition coefficient (Wildman–Crippen LogP) is 1.79. The molecule has 1 amide bonds. The molecule has 21 heavy (non-hydrogen) atoms. The molecule has 2 atom stereocenters. The summed E-state index contributed by atoms with van der Waals surface area (Å²) < 4.78 is 1.81. The highest BCUT2D eigenvalue weighted by Gasteiger charge is 2.36. The van der Waals surface area contributed by atoms with Crippen LogP contribution in [0.25, 0.3) is 0 Å². The molecule has 5 nitrogen and oxygen atoms in total. The molecule has 0 radical (unpaired) electrons. The molecule has 1 aromatic rings. The molecule has 1 aromatic heterocycles. The number of carbonyl (C=O) groups excluding carboxylic acids is 1. The van der Waals surface area contributed by atoms with Gasteiger partial charge in [0, 0.05) is 45.3 Å².